The quantitative estimate of drug-likeness (QED) is 0.308. The number of aliphatic hydroxyl groups excluding tert-OH is 1. The van der Waals surface area contributed by atoms with Crippen molar-refractivity contribution in [1.82, 2.24) is 10.3 Å². The molecule has 12 heteroatoms. The molecule has 202 valence electrons. The first-order valence-electron chi connectivity index (χ1n) is 11.6. The number of aliphatic hydroxyl groups is 1. The Morgan fingerprint density at radius 1 is 1.19 bits per heavy atom. The lowest BCUT2D eigenvalue weighted by atomic mass is 10.2. The standard InChI is InChI=1S/C25H31Cl2N3O6S/c1-24(2,3)35-22(32)28-14(13-31)10-17-19(27)20-21(37-17)16(11-18(26)29-20)30(12-15-8-7-9-34-15)23(33)36-25(4,5)6/h7-9,11,14,31H,10,12-13H2,1-6H3,(H,28,32)/t14-/m1/s1. The molecule has 0 aromatic carbocycles. The minimum Gasteiger partial charge on any atom is -0.467 e. The van der Waals surface area contributed by atoms with Crippen molar-refractivity contribution in [2.45, 2.75) is 71.8 Å². The van der Waals surface area contributed by atoms with E-state index in [4.69, 9.17) is 37.1 Å². The van der Waals surface area contributed by atoms with Crippen LogP contribution in [0.3, 0.4) is 0 Å². The van der Waals surface area contributed by atoms with Crippen LogP contribution in [0.15, 0.2) is 28.9 Å². The summed E-state index contributed by atoms with van der Waals surface area (Å²) in [5.41, 5.74) is -0.590. The van der Waals surface area contributed by atoms with Crippen LogP contribution >= 0.6 is 34.5 Å². The molecule has 0 aliphatic carbocycles. The number of ether oxygens (including phenoxy) is 2. The predicted octanol–water partition coefficient (Wildman–Crippen LogP) is 6.57. The SMILES string of the molecule is CC(C)(C)OC(=O)N[C@@H](CO)Cc1sc2c(N(Cc3ccco3)C(=O)OC(C)(C)C)cc(Cl)nc2c1Cl. The first-order chi connectivity index (χ1) is 17.2. The number of carbonyl (C=O) groups is 2. The van der Waals surface area contributed by atoms with E-state index in [1.165, 1.54) is 22.5 Å². The van der Waals surface area contributed by atoms with Gasteiger partial charge in [0.05, 0.1) is 40.9 Å². The molecule has 9 nitrogen and oxygen atoms in total. The molecule has 0 radical (unpaired) electrons. The number of hydrogen-bond donors (Lipinski definition) is 2. The van der Waals surface area contributed by atoms with Gasteiger partial charge < -0.3 is 24.3 Å². The lowest BCUT2D eigenvalue weighted by molar-refractivity contribution is 0.0482. The molecule has 2 N–H and O–H groups in total. The summed E-state index contributed by atoms with van der Waals surface area (Å²) in [6.07, 6.45) is 0.473. The monoisotopic (exact) mass is 571 g/mol. The van der Waals surface area contributed by atoms with Crippen molar-refractivity contribution in [2.75, 3.05) is 11.5 Å². The van der Waals surface area contributed by atoms with Gasteiger partial charge in [-0.1, -0.05) is 23.2 Å². The second-order valence-electron chi connectivity index (χ2n) is 10.4. The van der Waals surface area contributed by atoms with E-state index < -0.39 is 29.4 Å². The Balaban J connectivity index is 2.00. The number of anilines is 1. The van der Waals surface area contributed by atoms with E-state index >= 15 is 0 Å². The Kier molecular flexibility index (Phi) is 9.00. The van der Waals surface area contributed by atoms with Crippen molar-refractivity contribution in [3.05, 3.63) is 45.3 Å². The van der Waals surface area contributed by atoms with E-state index in [1.54, 1.807) is 59.7 Å². The minimum absolute atomic E-state index is 0.0850. The molecule has 0 fully saturated rings. The van der Waals surface area contributed by atoms with Crippen molar-refractivity contribution in [3.8, 4) is 0 Å². The van der Waals surface area contributed by atoms with Gasteiger partial charge in [0.1, 0.15) is 27.6 Å². The second kappa shape index (κ2) is 11.5. The van der Waals surface area contributed by atoms with Crippen LogP contribution < -0.4 is 10.2 Å². The summed E-state index contributed by atoms with van der Waals surface area (Å²) in [6.45, 7) is 10.3. The van der Waals surface area contributed by atoms with Crippen LogP contribution in [0.5, 0.6) is 0 Å². The van der Waals surface area contributed by atoms with Gasteiger partial charge in [0.2, 0.25) is 0 Å². The topological polar surface area (TPSA) is 114 Å². The van der Waals surface area contributed by atoms with E-state index in [2.05, 4.69) is 10.3 Å². The molecular weight excluding hydrogens is 541 g/mol. The fourth-order valence-corrected chi connectivity index (χ4v) is 5.16. The molecule has 3 aromatic heterocycles. The van der Waals surface area contributed by atoms with Gasteiger partial charge in [-0.2, -0.15) is 0 Å². The second-order valence-corrected chi connectivity index (χ2v) is 12.2. The average molecular weight is 573 g/mol. The van der Waals surface area contributed by atoms with Crippen LogP contribution in [0, 0.1) is 0 Å². The van der Waals surface area contributed by atoms with E-state index in [-0.39, 0.29) is 24.7 Å². The summed E-state index contributed by atoms with van der Waals surface area (Å²) >= 11 is 14.3. The molecular formula is C25H31Cl2N3O6S. The summed E-state index contributed by atoms with van der Waals surface area (Å²) in [4.78, 5) is 31.9. The third-order valence-corrected chi connectivity index (χ3v) is 6.71. The predicted molar refractivity (Wildman–Crippen MR) is 145 cm³/mol. The van der Waals surface area contributed by atoms with Crippen molar-refractivity contribution >= 4 is 62.6 Å². The molecule has 3 aromatic rings. The number of amides is 2. The number of halogens is 2. The molecule has 0 saturated carbocycles. The normalized spacial score (nSPS) is 12.9. The summed E-state index contributed by atoms with van der Waals surface area (Å²) in [6, 6.07) is 4.38. The molecule has 0 spiro atoms. The number of thiophene rings is 1. The number of carbonyl (C=O) groups excluding carboxylic acids is 2. The van der Waals surface area contributed by atoms with E-state index in [9.17, 15) is 14.7 Å². The number of nitrogens with one attached hydrogen (secondary N) is 1. The number of fused-ring (bicyclic) bond motifs is 1. The zero-order valence-corrected chi connectivity index (χ0v) is 23.9. The number of furan rings is 1. The highest BCUT2D eigenvalue weighted by Gasteiger charge is 2.29. The lowest BCUT2D eigenvalue weighted by Crippen LogP contribution is -2.42. The molecule has 1 atom stereocenters. The molecule has 2 amide bonds. The molecule has 0 bridgehead atoms. The molecule has 0 aliphatic heterocycles. The smallest absolute Gasteiger partial charge is 0.415 e. The maximum atomic E-state index is 13.3. The highest BCUT2D eigenvalue weighted by atomic mass is 35.5. The van der Waals surface area contributed by atoms with Gasteiger partial charge in [-0.15, -0.1) is 11.3 Å². The summed E-state index contributed by atoms with van der Waals surface area (Å²) in [7, 11) is 0. The minimum atomic E-state index is -0.742. The van der Waals surface area contributed by atoms with Gasteiger partial charge in [-0.05, 0) is 53.7 Å². The van der Waals surface area contributed by atoms with Crippen LogP contribution in [-0.2, 0) is 22.4 Å². The number of pyridine rings is 1. The molecule has 0 unspecified atom stereocenters. The fraction of sp³-hybridized carbons (Fsp3) is 0.480. The highest BCUT2D eigenvalue weighted by Crippen LogP contribution is 2.42. The Bertz CT molecular complexity index is 1250. The van der Waals surface area contributed by atoms with Crippen LogP contribution in [0.25, 0.3) is 10.2 Å². The number of nitrogens with zero attached hydrogens (tertiary/aromatic N) is 2. The maximum absolute atomic E-state index is 13.3. The molecule has 0 aliphatic rings. The van der Waals surface area contributed by atoms with Gasteiger partial charge in [-0.25, -0.2) is 14.6 Å². The largest absolute Gasteiger partial charge is 0.467 e. The number of aromatic nitrogens is 1. The molecule has 0 saturated heterocycles. The number of rotatable bonds is 7. The van der Waals surface area contributed by atoms with Crippen molar-refractivity contribution in [1.29, 1.82) is 0 Å². The summed E-state index contributed by atoms with van der Waals surface area (Å²) < 4.78 is 17.0. The van der Waals surface area contributed by atoms with Crippen LogP contribution in [-0.4, -0.2) is 46.1 Å². The third kappa shape index (κ3) is 7.98. The molecule has 3 rings (SSSR count). The first kappa shape index (κ1) is 29.0. The Hall–Kier alpha value is -2.53. The van der Waals surface area contributed by atoms with Gasteiger partial charge in [0.15, 0.2) is 0 Å². The molecule has 37 heavy (non-hydrogen) atoms. The zero-order chi connectivity index (χ0) is 27.5. The van der Waals surface area contributed by atoms with Crippen molar-refractivity contribution in [2.24, 2.45) is 0 Å². The van der Waals surface area contributed by atoms with Crippen LogP contribution in [0.4, 0.5) is 15.3 Å². The third-order valence-electron chi connectivity index (χ3n) is 4.77. The Morgan fingerprint density at radius 2 is 1.86 bits per heavy atom. The highest BCUT2D eigenvalue weighted by molar-refractivity contribution is 7.20. The van der Waals surface area contributed by atoms with Gasteiger partial charge >= 0.3 is 12.2 Å². The Morgan fingerprint density at radius 3 is 2.43 bits per heavy atom. The lowest BCUT2D eigenvalue weighted by Gasteiger charge is -2.27. The first-order valence-corrected chi connectivity index (χ1v) is 13.1. The average Bonchev–Trinajstić information content (AvgIpc) is 3.37. The van der Waals surface area contributed by atoms with E-state index in [1.807, 2.05) is 0 Å². The fourth-order valence-electron chi connectivity index (χ4n) is 3.35. The summed E-state index contributed by atoms with van der Waals surface area (Å²) in [5, 5.41) is 13.0. The van der Waals surface area contributed by atoms with Gasteiger partial charge in [-0.3, -0.25) is 4.90 Å². The Labute approximate surface area is 229 Å². The van der Waals surface area contributed by atoms with E-state index in [0.29, 0.717) is 31.6 Å². The van der Waals surface area contributed by atoms with Crippen molar-refractivity contribution in [3.63, 3.8) is 0 Å². The number of alkyl carbamates (subject to hydrolysis) is 1. The summed E-state index contributed by atoms with van der Waals surface area (Å²) in [5.74, 6) is 0.539. The molecule has 3 heterocycles. The zero-order valence-electron chi connectivity index (χ0n) is 21.6. The van der Waals surface area contributed by atoms with E-state index in [0.717, 1.165) is 0 Å². The van der Waals surface area contributed by atoms with Crippen LogP contribution in [0.2, 0.25) is 10.2 Å². The van der Waals surface area contributed by atoms with Gasteiger partial charge in [0, 0.05) is 17.4 Å². The maximum Gasteiger partial charge on any atom is 0.415 e. The van der Waals surface area contributed by atoms with Gasteiger partial charge in [0.25, 0.3) is 0 Å². The van der Waals surface area contributed by atoms with Crippen molar-refractivity contribution < 1.29 is 28.6 Å². The van der Waals surface area contributed by atoms with Crippen LogP contribution in [0.1, 0.15) is 52.2 Å². The number of hydrogen-bond acceptors (Lipinski definition) is 8.